The fourth-order valence-corrected chi connectivity index (χ4v) is 1.36. The van der Waals surface area contributed by atoms with Crippen molar-refractivity contribution in [1.29, 1.82) is 0 Å². The molecule has 0 unspecified atom stereocenters. The number of rotatable bonds is 4. The van der Waals surface area contributed by atoms with Crippen LogP contribution >= 0.6 is 0 Å². The van der Waals surface area contributed by atoms with Crippen LogP contribution in [0.2, 0.25) is 0 Å². The van der Waals surface area contributed by atoms with Gasteiger partial charge in [0.2, 0.25) is 0 Å². The summed E-state index contributed by atoms with van der Waals surface area (Å²) in [4.78, 5) is 13.5. The van der Waals surface area contributed by atoms with Crippen molar-refractivity contribution in [1.82, 2.24) is 4.90 Å². The second kappa shape index (κ2) is 5.21. The summed E-state index contributed by atoms with van der Waals surface area (Å²) in [6.45, 7) is 4.08. The molecule has 86 valence electrons. The Hall–Kier alpha value is -1.97. The highest BCUT2D eigenvalue weighted by Gasteiger charge is 2.12. The lowest BCUT2D eigenvalue weighted by atomic mass is 10.1. The summed E-state index contributed by atoms with van der Waals surface area (Å²) in [6, 6.07) is 4.97. The zero-order valence-corrected chi connectivity index (χ0v) is 9.56. The van der Waals surface area contributed by atoms with Crippen LogP contribution in [0.25, 0.3) is 0 Å². The third kappa shape index (κ3) is 2.76. The molecule has 16 heavy (non-hydrogen) atoms. The maximum Gasteiger partial charge on any atom is 0.254 e. The number of carbonyl (C=O) groups is 1. The number of likely N-dealkylation sites (N-methyl/N-ethyl adjacent to an activating group) is 1. The summed E-state index contributed by atoms with van der Waals surface area (Å²) >= 11 is 0. The van der Waals surface area contributed by atoms with Crippen LogP contribution in [0.15, 0.2) is 30.9 Å². The number of methoxy groups -OCH3 is 1. The first-order chi connectivity index (χ1) is 7.58. The van der Waals surface area contributed by atoms with E-state index in [1.165, 1.54) is 7.11 Å². The lowest BCUT2D eigenvalue weighted by Crippen LogP contribution is -2.26. The molecule has 1 amide bonds. The Kier molecular flexibility index (Phi) is 3.94. The van der Waals surface area contributed by atoms with Crippen LogP contribution < -0.4 is 10.5 Å². The topological polar surface area (TPSA) is 55.6 Å². The van der Waals surface area contributed by atoms with E-state index in [9.17, 15) is 4.79 Å². The number of hydrogen-bond acceptors (Lipinski definition) is 3. The maximum atomic E-state index is 11.9. The second-order valence-electron chi connectivity index (χ2n) is 3.47. The van der Waals surface area contributed by atoms with Crippen molar-refractivity contribution in [3.8, 4) is 5.75 Å². The minimum Gasteiger partial charge on any atom is -0.497 e. The Bertz CT molecular complexity index is 402. The predicted octanol–water partition coefficient (Wildman–Crippen LogP) is 1.54. The van der Waals surface area contributed by atoms with Gasteiger partial charge in [-0.2, -0.15) is 0 Å². The van der Waals surface area contributed by atoms with Crippen molar-refractivity contribution in [2.45, 2.75) is 0 Å². The molecule has 0 aliphatic carbocycles. The molecule has 1 rings (SSSR count). The van der Waals surface area contributed by atoms with E-state index in [1.807, 2.05) is 0 Å². The van der Waals surface area contributed by atoms with E-state index in [1.54, 1.807) is 36.2 Å². The average Bonchev–Trinajstić information content (AvgIpc) is 2.27. The monoisotopic (exact) mass is 220 g/mol. The number of anilines is 1. The zero-order valence-electron chi connectivity index (χ0n) is 9.56. The highest BCUT2D eigenvalue weighted by molar-refractivity contribution is 5.95. The van der Waals surface area contributed by atoms with Gasteiger partial charge in [-0.25, -0.2) is 0 Å². The van der Waals surface area contributed by atoms with E-state index in [0.29, 0.717) is 23.5 Å². The molecule has 0 fully saturated rings. The number of carbonyl (C=O) groups excluding carboxylic acids is 1. The van der Waals surface area contributed by atoms with Crippen molar-refractivity contribution >= 4 is 11.6 Å². The largest absolute Gasteiger partial charge is 0.497 e. The quantitative estimate of drug-likeness (QED) is 0.618. The molecule has 4 nitrogen and oxygen atoms in total. The third-order valence-electron chi connectivity index (χ3n) is 2.16. The van der Waals surface area contributed by atoms with E-state index < -0.39 is 0 Å². The molecular weight excluding hydrogens is 204 g/mol. The Morgan fingerprint density at radius 3 is 2.81 bits per heavy atom. The molecule has 2 N–H and O–H groups in total. The molecule has 0 heterocycles. The molecule has 0 atom stereocenters. The number of nitrogens with zero attached hydrogens (tertiary/aromatic N) is 1. The van der Waals surface area contributed by atoms with Gasteiger partial charge >= 0.3 is 0 Å². The number of ether oxygens (including phenoxy) is 1. The summed E-state index contributed by atoms with van der Waals surface area (Å²) in [7, 11) is 3.25. The number of nitrogen functional groups attached to an aromatic ring is 1. The minimum atomic E-state index is -0.106. The lowest BCUT2D eigenvalue weighted by molar-refractivity contribution is 0.0810. The Morgan fingerprint density at radius 2 is 2.25 bits per heavy atom. The van der Waals surface area contributed by atoms with Gasteiger partial charge in [0.25, 0.3) is 5.91 Å². The summed E-state index contributed by atoms with van der Waals surface area (Å²) in [5.74, 6) is 0.473. The van der Waals surface area contributed by atoms with Crippen molar-refractivity contribution in [2.24, 2.45) is 0 Å². The van der Waals surface area contributed by atoms with E-state index in [0.717, 1.165) is 0 Å². The molecule has 1 aromatic carbocycles. The number of nitrogens with two attached hydrogens (primary N) is 1. The van der Waals surface area contributed by atoms with Gasteiger partial charge in [0.15, 0.2) is 0 Å². The van der Waals surface area contributed by atoms with Gasteiger partial charge in [0.1, 0.15) is 5.75 Å². The second-order valence-corrected chi connectivity index (χ2v) is 3.47. The Labute approximate surface area is 95.3 Å². The molecule has 0 bridgehead atoms. The molecule has 0 aromatic heterocycles. The molecule has 0 spiro atoms. The molecule has 0 radical (unpaired) electrons. The summed E-state index contributed by atoms with van der Waals surface area (Å²) in [5, 5.41) is 0. The fourth-order valence-electron chi connectivity index (χ4n) is 1.36. The number of hydrogen-bond donors (Lipinski definition) is 1. The third-order valence-corrected chi connectivity index (χ3v) is 2.16. The van der Waals surface area contributed by atoms with E-state index >= 15 is 0 Å². The molecular formula is C12H16N2O2. The smallest absolute Gasteiger partial charge is 0.254 e. The van der Waals surface area contributed by atoms with Crippen LogP contribution in [-0.2, 0) is 0 Å². The Balaban J connectivity index is 2.98. The van der Waals surface area contributed by atoms with Gasteiger partial charge in [-0.1, -0.05) is 6.08 Å². The van der Waals surface area contributed by atoms with Gasteiger partial charge in [-0.3, -0.25) is 4.79 Å². The minimum absolute atomic E-state index is 0.106. The molecule has 0 saturated carbocycles. The van der Waals surface area contributed by atoms with Crippen molar-refractivity contribution in [3.05, 3.63) is 36.4 Å². The molecule has 0 aliphatic rings. The van der Waals surface area contributed by atoms with Gasteiger partial charge in [-0.15, -0.1) is 6.58 Å². The normalized spacial score (nSPS) is 9.62. The van der Waals surface area contributed by atoms with Crippen LogP contribution in [0.4, 0.5) is 5.69 Å². The van der Waals surface area contributed by atoms with Gasteiger partial charge in [-0.05, 0) is 12.1 Å². The number of benzene rings is 1. The summed E-state index contributed by atoms with van der Waals surface area (Å²) in [6.07, 6.45) is 1.67. The molecule has 1 aromatic rings. The highest BCUT2D eigenvalue weighted by atomic mass is 16.5. The van der Waals surface area contributed by atoms with Crippen LogP contribution in [0.1, 0.15) is 10.4 Å². The van der Waals surface area contributed by atoms with Crippen LogP contribution in [0.3, 0.4) is 0 Å². The molecule has 4 heteroatoms. The van der Waals surface area contributed by atoms with E-state index in [2.05, 4.69) is 6.58 Å². The van der Waals surface area contributed by atoms with Crippen molar-refractivity contribution < 1.29 is 9.53 Å². The lowest BCUT2D eigenvalue weighted by Gasteiger charge is -2.15. The van der Waals surface area contributed by atoms with Crippen LogP contribution in [0, 0.1) is 0 Å². The zero-order chi connectivity index (χ0) is 12.1. The predicted molar refractivity (Wildman–Crippen MR) is 64.6 cm³/mol. The molecule has 0 aliphatic heterocycles. The van der Waals surface area contributed by atoms with Gasteiger partial charge < -0.3 is 15.4 Å². The number of amides is 1. The summed E-state index contributed by atoms with van der Waals surface area (Å²) < 4.78 is 5.05. The van der Waals surface area contributed by atoms with Crippen LogP contribution in [-0.4, -0.2) is 31.5 Å². The van der Waals surface area contributed by atoms with Crippen molar-refractivity contribution in [2.75, 3.05) is 26.4 Å². The standard InChI is InChI=1S/C12H16N2O2/c1-4-5-14(2)12(15)9-6-10(13)8-11(7-9)16-3/h4,6-8H,1,5,13H2,2-3H3. The van der Waals surface area contributed by atoms with E-state index in [-0.39, 0.29) is 5.91 Å². The fraction of sp³-hybridized carbons (Fsp3) is 0.250. The van der Waals surface area contributed by atoms with Crippen molar-refractivity contribution in [3.63, 3.8) is 0 Å². The first-order valence-electron chi connectivity index (χ1n) is 4.89. The Morgan fingerprint density at radius 1 is 1.56 bits per heavy atom. The maximum absolute atomic E-state index is 11.9. The first kappa shape index (κ1) is 12.1. The first-order valence-corrected chi connectivity index (χ1v) is 4.89. The van der Waals surface area contributed by atoms with Crippen LogP contribution in [0.5, 0.6) is 5.75 Å². The summed E-state index contributed by atoms with van der Waals surface area (Å²) in [5.41, 5.74) is 6.70. The highest BCUT2D eigenvalue weighted by Crippen LogP contribution is 2.19. The van der Waals surface area contributed by atoms with Gasteiger partial charge in [0, 0.05) is 30.9 Å². The van der Waals surface area contributed by atoms with Gasteiger partial charge in [0.05, 0.1) is 7.11 Å². The molecule has 0 saturated heterocycles. The van der Waals surface area contributed by atoms with E-state index in [4.69, 9.17) is 10.5 Å². The average molecular weight is 220 g/mol. The SMILES string of the molecule is C=CCN(C)C(=O)c1cc(N)cc(OC)c1.